The van der Waals surface area contributed by atoms with Gasteiger partial charge in [-0.15, -0.1) is 0 Å². The van der Waals surface area contributed by atoms with Crippen LogP contribution in [0.1, 0.15) is 12.8 Å². The van der Waals surface area contributed by atoms with E-state index in [0.29, 0.717) is 19.1 Å². The summed E-state index contributed by atoms with van der Waals surface area (Å²) < 4.78 is 10.6. The van der Waals surface area contributed by atoms with Crippen LogP contribution in [0.4, 0.5) is 0 Å². The maximum atomic E-state index is 5.43. The normalized spacial score (nSPS) is 10.8. The van der Waals surface area contributed by atoms with Gasteiger partial charge in [0.2, 0.25) is 5.89 Å². The largest absolute Gasteiger partial charge is 0.438 e. The van der Waals surface area contributed by atoms with Gasteiger partial charge in [-0.1, -0.05) is 12.1 Å². The summed E-state index contributed by atoms with van der Waals surface area (Å²) in [6.07, 6.45) is 0. The average Bonchev–Trinajstić information content (AvgIpc) is 2.57. The van der Waals surface area contributed by atoms with Crippen LogP contribution in [-0.2, 0) is 11.3 Å². The van der Waals surface area contributed by atoms with Crippen LogP contribution >= 0.6 is 0 Å². The maximum absolute atomic E-state index is 5.43. The van der Waals surface area contributed by atoms with Gasteiger partial charge in [-0.05, 0) is 19.1 Å². The van der Waals surface area contributed by atoms with E-state index < -0.39 is 0 Å². The Hall–Kier alpha value is -1.35. The molecule has 0 fully saturated rings. The maximum Gasteiger partial charge on any atom is 0.221 e. The quantitative estimate of drug-likeness (QED) is 0.721. The van der Waals surface area contributed by atoms with Gasteiger partial charge in [0.05, 0.1) is 0 Å². The molecule has 0 saturated heterocycles. The fraction of sp³-hybridized carbons (Fsp3) is 0.300. The molecule has 0 aliphatic rings. The van der Waals surface area contributed by atoms with Gasteiger partial charge < -0.3 is 9.15 Å². The molecule has 1 aromatic heterocycles. The minimum atomic E-state index is 0.450. The minimum absolute atomic E-state index is 0.450. The van der Waals surface area contributed by atoms with Gasteiger partial charge in [-0.2, -0.15) is 0 Å². The molecule has 2 aromatic rings. The number of fused-ring (bicyclic) bond motifs is 1. The van der Waals surface area contributed by atoms with Crippen LogP contribution in [0, 0.1) is 0 Å². The predicted molar refractivity (Wildman–Crippen MR) is 49.3 cm³/mol. The van der Waals surface area contributed by atoms with Crippen molar-refractivity contribution in [1.29, 1.82) is 0 Å². The second-order valence-electron chi connectivity index (χ2n) is 2.71. The Labute approximate surface area is 76.3 Å². The monoisotopic (exact) mass is 177 g/mol. The number of benzene rings is 1. The molecule has 0 spiro atoms. The molecule has 0 unspecified atom stereocenters. The Morgan fingerprint density at radius 1 is 1.38 bits per heavy atom. The lowest BCUT2D eigenvalue weighted by atomic mass is 10.3. The van der Waals surface area contributed by atoms with E-state index >= 15 is 0 Å². The Bertz CT molecular complexity index is 361. The fourth-order valence-corrected chi connectivity index (χ4v) is 1.17. The zero-order valence-corrected chi connectivity index (χ0v) is 7.49. The van der Waals surface area contributed by atoms with Crippen molar-refractivity contribution >= 4 is 11.1 Å². The van der Waals surface area contributed by atoms with Crippen LogP contribution in [0.5, 0.6) is 0 Å². The second kappa shape index (κ2) is 3.58. The van der Waals surface area contributed by atoms with Crippen molar-refractivity contribution in [1.82, 2.24) is 4.98 Å². The van der Waals surface area contributed by atoms with Gasteiger partial charge in [0.15, 0.2) is 5.58 Å². The summed E-state index contributed by atoms with van der Waals surface area (Å²) in [5.41, 5.74) is 1.70. The van der Waals surface area contributed by atoms with Crippen LogP contribution in [-0.4, -0.2) is 11.6 Å². The highest BCUT2D eigenvalue weighted by molar-refractivity contribution is 5.71. The highest BCUT2D eigenvalue weighted by Crippen LogP contribution is 2.14. The van der Waals surface area contributed by atoms with Crippen molar-refractivity contribution in [3.8, 4) is 0 Å². The third kappa shape index (κ3) is 1.70. The molecule has 0 saturated carbocycles. The summed E-state index contributed by atoms with van der Waals surface area (Å²) >= 11 is 0. The zero-order valence-electron chi connectivity index (χ0n) is 7.49. The smallest absolute Gasteiger partial charge is 0.221 e. The highest BCUT2D eigenvalue weighted by atomic mass is 16.5. The Morgan fingerprint density at radius 2 is 2.23 bits per heavy atom. The molecule has 0 amide bonds. The predicted octanol–water partition coefficient (Wildman–Crippen LogP) is 2.36. The summed E-state index contributed by atoms with van der Waals surface area (Å²) in [6.45, 7) is 3.08. The molecule has 0 N–H and O–H groups in total. The van der Waals surface area contributed by atoms with Gasteiger partial charge in [-0.25, -0.2) is 4.98 Å². The molecule has 0 bridgehead atoms. The standard InChI is InChI=1S/C10H11NO2/c1-2-12-7-10-11-8-5-3-4-6-9(8)13-10/h3-6H,2,7H2,1H3. The molecular weight excluding hydrogens is 166 g/mol. The Balaban J connectivity index is 2.28. The van der Waals surface area contributed by atoms with Gasteiger partial charge in [0, 0.05) is 6.61 Å². The van der Waals surface area contributed by atoms with Crippen molar-refractivity contribution in [3.63, 3.8) is 0 Å². The number of oxazole rings is 1. The van der Waals surface area contributed by atoms with Crippen LogP contribution < -0.4 is 0 Å². The molecule has 2 rings (SSSR count). The first-order valence-corrected chi connectivity index (χ1v) is 4.32. The van der Waals surface area contributed by atoms with Gasteiger partial charge in [0.1, 0.15) is 12.1 Å². The third-order valence-corrected chi connectivity index (χ3v) is 1.77. The van der Waals surface area contributed by atoms with Crippen LogP contribution in [0.3, 0.4) is 0 Å². The number of rotatable bonds is 3. The van der Waals surface area contributed by atoms with E-state index in [1.165, 1.54) is 0 Å². The zero-order chi connectivity index (χ0) is 9.10. The lowest BCUT2D eigenvalue weighted by molar-refractivity contribution is 0.116. The van der Waals surface area contributed by atoms with Gasteiger partial charge >= 0.3 is 0 Å². The second-order valence-corrected chi connectivity index (χ2v) is 2.71. The van der Waals surface area contributed by atoms with Crippen molar-refractivity contribution in [2.24, 2.45) is 0 Å². The van der Waals surface area contributed by atoms with Crippen LogP contribution in [0.15, 0.2) is 28.7 Å². The van der Waals surface area contributed by atoms with Gasteiger partial charge in [-0.3, -0.25) is 0 Å². The van der Waals surface area contributed by atoms with Crippen molar-refractivity contribution in [2.45, 2.75) is 13.5 Å². The lowest BCUT2D eigenvalue weighted by Crippen LogP contribution is -1.90. The fourth-order valence-electron chi connectivity index (χ4n) is 1.17. The Kier molecular flexibility index (Phi) is 2.27. The molecule has 0 radical (unpaired) electrons. The molecule has 0 aliphatic carbocycles. The summed E-state index contributed by atoms with van der Waals surface area (Å²) in [5.74, 6) is 0.642. The van der Waals surface area contributed by atoms with E-state index in [2.05, 4.69) is 4.98 Å². The van der Waals surface area contributed by atoms with Crippen molar-refractivity contribution in [3.05, 3.63) is 30.2 Å². The molecule has 0 atom stereocenters. The number of nitrogens with zero attached hydrogens (tertiary/aromatic N) is 1. The number of para-hydroxylation sites is 2. The molecular formula is C10H11NO2. The minimum Gasteiger partial charge on any atom is -0.438 e. The summed E-state index contributed by atoms with van der Waals surface area (Å²) in [5, 5.41) is 0. The molecule has 13 heavy (non-hydrogen) atoms. The molecule has 3 nitrogen and oxygen atoms in total. The van der Waals surface area contributed by atoms with E-state index in [1.807, 2.05) is 31.2 Å². The molecule has 68 valence electrons. The van der Waals surface area contributed by atoms with Crippen molar-refractivity contribution in [2.75, 3.05) is 6.61 Å². The summed E-state index contributed by atoms with van der Waals surface area (Å²) in [7, 11) is 0. The average molecular weight is 177 g/mol. The molecule has 3 heteroatoms. The SMILES string of the molecule is CCOCc1nc2ccccc2o1. The van der Waals surface area contributed by atoms with Crippen LogP contribution in [0.25, 0.3) is 11.1 Å². The first-order chi connectivity index (χ1) is 6.40. The van der Waals surface area contributed by atoms with Gasteiger partial charge in [0.25, 0.3) is 0 Å². The first kappa shape index (κ1) is 8.26. The Morgan fingerprint density at radius 3 is 3.00 bits per heavy atom. The number of ether oxygens (including phenoxy) is 1. The number of hydrogen-bond donors (Lipinski definition) is 0. The van der Waals surface area contributed by atoms with Crippen LogP contribution in [0.2, 0.25) is 0 Å². The van der Waals surface area contributed by atoms with E-state index in [1.54, 1.807) is 0 Å². The van der Waals surface area contributed by atoms with Crippen molar-refractivity contribution < 1.29 is 9.15 Å². The van der Waals surface area contributed by atoms with E-state index in [0.717, 1.165) is 11.1 Å². The van der Waals surface area contributed by atoms with E-state index in [9.17, 15) is 0 Å². The summed E-state index contributed by atoms with van der Waals surface area (Å²) in [4.78, 5) is 4.26. The first-order valence-electron chi connectivity index (χ1n) is 4.32. The highest BCUT2D eigenvalue weighted by Gasteiger charge is 2.03. The lowest BCUT2D eigenvalue weighted by Gasteiger charge is -1.92. The third-order valence-electron chi connectivity index (χ3n) is 1.77. The molecule has 1 aromatic carbocycles. The van der Waals surface area contributed by atoms with E-state index in [-0.39, 0.29) is 0 Å². The van der Waals surface area contributed by atoms with E-state index in [4.69, 9.17) is 9.15 Å². The summed E-state index contributed by atoms with van der Waals surface area (Å²) in [6, 6.07) is 7.69. The number of hydrogen-bond acceptors (Lipinski definition) is 3. The molecule has 0 aliphatic heterocycles. The molecule has 1 heterocycles. The number of aromatic nitrogens is 1. The topological polar surface area (TPSA) is 35.3 Å².